The van der Waals surface area contributed by atoms with E-state index in [0.717, 1.165) is 12.1 Å². The fourth-order valence-electron chi connectivity index (χ4n) is 1.68. The summed E-state index contributed by atoms with van der Waals surface area (Å²) in [5, 5.41) is 3.39. The molecule has 1 heterocycles. The van der Waals surface area contributed by atoms with Crippen LogP contribution in [0, 0.1) is 5.82 Å². The number of nitrogens with one attached hydrogen (secondary N) is 1. The maximum Gasteiger partial charge on any atom is 0.141 e. The molecule has 1 aromatic rings. The fourth-order valence-corrected chi connectivity index (χ4v) is 1.88. The molecular weight excluding hydrogens is 245 g/mol. The molecule has 0 saturated carbocycles. The van der Waals surface area contributed by atoms with Crippen LogP contribution in [0.4, 0.5) is 4.39 Å². The van der Waals surface area contributed by atoms with Gasteiger partial charge in [-0.25, -0.2) is 4.39 Å². The first kappa shape index (κ1) is 12.8. The minimum atomic E-state index is -0.389. The van der Waals surface area contributed by atoms with E-state index >= 15 is 0 Å². The van der Waals surface area contributed by atoms with Crippen LogP contribution in [0.2, 0.25) is 5.02 Å². The minimum absolute atomic E-state index is 0.0969. The van der Waals surface area contributed by atoms with Crippen molar-refractivity contribution in [2.45, 2.75) is 12.6 Å². The molecule has 1 unspecified atom stereocenters. The smallest absolute Gasteiger partial charge is 0.141 e. The minimum Gasteiger partial charge on any atom is -0.376 e. The Labute approximate surface area is 105 Å². The van der Waals surface area contributed by atoms with Gasteiger partial charge in [0.2, 0.25) is 0 Å². The molecular formula is C12H15ClFNO2. The van der Waals surface area contributed by atoms with Gasteiger partial charge in [-0.3, -0.25) is 0 Å². The molecule has 0 aromatic heterocycles. The Morgan fingerprint density at radius 3 is 3.00 bits per heavy atom. The average Bonchev–Trinajstić information content (AvgIpc) is 2.35. The second kappa shape index (κ2) is 6.31. The van der Waals surface area contributed by atoms with E-state index in [4.69, 9.17) is 21.1 Å². The highest BCUT2D eigenvalue weighted by molar-refractivity contribution is 6.30. The van der Waals surface area contributed by atoms with E-state index in [0.29, 0.717) is 26.4 Å². The van der Waals surface area contributed by atoms with E-state index < -0.39 is 0 Å². The number of rotatable bonds is 4. The van der Waals surface area contributed by atoms with Gasteiger partial charge in [-0.2, -0.15) is 0 Å². The van der Waals surface area contributed by atoms with E-state index in [1.807, 2.05) is 0 Å². The topological polar surface area (TPSA) is 30.5 Å². The number of benzene rings is 1. The van der Waals surface area contributed by atoms with Crippen LogP contribution in [0.3, 0.4) is 0 Å². The molecule has 1 fully saturated rings. The summed E-state index contributed by atoms with van der Waals surface area (Å²) in [6.07, 6.45) is 0.0969. The van der Waals surface area contributed by atoms with Gasteiger partial charge in [-0.05, 0) is 17.7 Å². The first-order valence-electron chi connectivity index (χ1n) is 5.59. The Balaban J connectivity index is 1.75. The fraction of sp³-hybridized carbons (Fsp3) is 0.500. The van der Waals surface area contributed by atoms with Gasteiger partial charge >= 0.3 is 0 Å². The van der Waals surface area contributed by atoms with Gasteiger partial charge in [0.25, 0.3) is 0 Å². The Morgan fingerprint density at radius 1 is 1.41 bits per heavy atom. The van der Waals surface area contributed by atoms with Crippen LogP contribution in [0.1, 0.15) is 5.56 Å². The second-order valence-corrected chi connectivity index (χ2v) is 4.35. The summed E-state index contributed by atoms with van der Waals surface area (Å²) < 4.78 is 23.7. The molecule has 1 atom stereocenters. The summed E-state index contributed by atoms with van der Waals surface area (Å²) in [7, 11) is 0. The Hall–Kier alpha value is -0.680. The van der Waals surface area contributed by atoms with Crippen molar-refractivity contribution in [3.05, 3.63) is 34.6 Å². The summed E-state index contributed by atoms with van der Waals surface area (Å²) in [5.41, 5.74) is 0.952. The largest absolute Gasteiger partial charge is 0.376 e. The van der Waals surface area contributed by atoms with E-state index in [9.17, 15) is 4.39 Å². The monoisotopic (exact) mass is 259 g/mol. The van der Waals surface area contributed by atoms with Crippen LogP contribution < -0.4 is 5.32 Å². The molecule has 17 heavy (non-hydrogen) atoms. The maximum absolute atomic E-state index is 12.9. The number of hydrogen-bond donors (Lipinski definition) is 1. The highest BCUT2D eigenvalue weighted by Gasteiger charge is 2.13. The lowest BCUT2D eigenvalue weighted by Crippen LogP contribution is -2.37. The molecule has 1 aliphatic rings. The molecule has 1 N–H and O–H groups in total. The van der Waals surface area contributed by atoms with Crippen molar-refractivity contribution >= 4 is 11.6 Å². The van der Waals surface area contributed by atoms with Gasteiger partial charge < -0.3 is 14.8 Å². The van der Waals surface area contributed by atoms with Gasteiger partial charge in [0.1, 0.15) is 5.82 Å². The average molecular weight is 260 g/mol. The van der Waals surface area contributed by atoms with E-state index in [1.165, 1.54) is 6.07 Å². The lowest BCUT2D eigenvalue weighted by molar-refractivity contribution is -0.0864. The summed E-state index contributed by atoms with van der Waals surface area (Å²) in [6.45, 7) is 3.30. The zero-order valence-electron chi connectivity index (χ0n) is 9.42. The van der Waals surface area contributed by atoms with Gasteiger partial charge in [0.15, 0.2) is 0 Å². The highest BCUT2D eigenvalue weighted by Crippen LogP contribution is 2.15. The van der Waals surface area contributed by atoms with Gasteiger partial charge in [-0.1, -0.05) is 17.7 Å². The van der Waals surface area contributed by atoms with E-state index in [-0.39, 0.29) is 16.9 Å². The summed E-state index contributed by atoms with van der Waals surface area (Å²) in [6, 6.07) is 4.72. The first-order valence-corrected chi connectivity index (χ1v) is 5.97. The van der Waals surface area contributed by atoms with Crippen LogP contribution in [0.5, 0.6) is 0 Å². The van der Waals surface area contributed by atoms with Crippen LogP contribution in [0.25, 0.3) is 0 Å². The molecule has 3 nitrogen and oxygen atoms in total. The van der Waals surface area contributed by atoms with Crippen LogP contribution in [0.15, 0.2) is 18.2 Å². The number of halogens is 2. The lowest BCUT2D eigenvalue weighted by atomic mass is 10.2. The van der Waals surface area contributed by atoms with Crippen LogP contribution >= 0.6 is 11.6 Å². The number of hydrogen-bond acceptors (Lipinski definition) is 3. The molecule has 0 amide bonds. The molecule has 94 valence electrons. The molecule has 0 bridgehead atoms. The maximum atomic E-state index is 12.9. The quantitative estimate of drug-likeness (QED) is 0.897. The molecule has 1 aliphatic heterocycles. The van der Waals surface area contributed by atoms with Gasteiger partial charge in [0, 0.05) is 13.1 Å². The standard InChI is InChI=1S/C12H15ClFNO2/c13-11-5-9(1-2-12(11)14)6-15-7-10-8-16-3-4-17-10/h1-2,5,10,15H,3-4,6-8H2. The molecule has 0 aliphatic carbocycles. The summed E-state index contributed by atoms with van der Waals surface area (Å²) >= 11 is 5.69. The Morgan fingerprint density at radius 2 is 2.29 bits per heavy atom. The van der Waals surface area contributed by atoms with Gasteiger partial charge in [-0.15, -0.1) is 0 Å². The normalized spacial score (nSPS) is 20.5. The predicted molar refractivity (Wildman–Crippen MR) is 63.7 cm³/mol. The number of ether oxygens (including phenoxy) is 2. The lowest BCUT2D eigenvalue weighted by Gasteiger charge is -2.23. The van der Waals surface area contributed by atoms with Crippen molar-refractivity contribution in [1.82, 2.24) is 5.32 Å². The van der Waals surface area contributed by atoms with E-state index in [1.54, 1.807) is 12.1 Å². The molecule has 0 radical (unpaired) electrons. The third-order valence-electron chi connectivity index (χ3n) is 2.57. The van der Waals surface area contributed by atoms with E-state index in [2.05, 4.69) is 5.32 Å². The first-order chi connectivity index (χ1) is 8.25. The highest BCUT2D eigenvalue weighted by atomic mass is 35.5. The molecule has 1 saturated heterocycles. The second-order valence-electron chi connectivity index (χ2n) is 3.95. The van der Waals surface area contributed by atoms with Crippen molar-refractivity contribution in [2.75, 3.05) is 26.4 Å². The van der Waals surface area contributed by atoms with Crippen LogP contribution in [-0.2, 0) is 16.0 Å². The SMILES string of the molecule is Fc1ccc(CNCC2COCCO2)cc1Cl. The molecule has 5 heteroatoms. The molecule has 1 aromatic carbocycles. The third kappa shape index (κ3) is 3.92. The summed E-state index contributed by atoms with van der Waals surface area (Å²) in [4.78, 5) is 0. The van der Waals surface area contributed by atoms with Crippen molar-refractivity contribution in [2.24, 2.45) is 0 Å². The third-order valence-corrected chi connectivity index (χ3v) is 2.86. The van der Waals surface area contributed by atoms with Crippen LogP contribution in [-0.4, -0.2) is 32.5 Å². The van der Waals surface area contributed by atoms with Gasteiger partial charge in [0.05, 0.1) is 30.9 Å². The molecule has 0 spiro atoms. The zero-order valence-corrected chi connectivity index (χ0v) is 10.2. The van der Waals surface area contributed by atoms with Crippen molar-refractivity contribution in [3.63, 3.8) is 0 Å². The Bertz CT molecular complexity index is 370. The zero-order chi connectivity index (χ0) is 12.1. The van der Waals surface area contributed by atoms with Crippen molar-refractivity contribution in [1.29, 1.82) is 0 Å². The van der Waals surface area contributed by atoms with Crippen molar-refractivity contribution in [3.8, 4) is 0 Å². The van der Waals surface area contributed by atoms with Crippen molar-refractivity contribution < 1.29 is 13.9 Å². The summed E-state index contributed by atoms with van der Waals surface area (Å²) in [5.74, 6) is -0.389. The predicted octanol–water partition coefficient (Wildman–Crippen LogP) is 1.98. The molecule has 2 rings (SSSR count). The Kier molecular flexibility index (Phi) is 4.74.